The Morgan fingerprint density at radius 3 is 2.56 bits per heavy atom. The lowest BCUT2D eigenvalue weighted by atomic mass is 9.95. The molecule has 7 nitrogen and oxygen atoms in total. The van der Waals surface area contributed by atoms with Crippen LogP contribution in [0.1, 0.15) is 36.3 Å². The number of hydrogen-bond donors (Lipinski definition) is 1. The number of amides is 1. The fourth-order valence-electron chi connectivity index (χ4n) is 3.35. The molecule has 0 aliphatic carbocycles. The van der Waals surface area contributed by atoms with Gasteiger partial charge in [-0.05, 0) is 30.5 Å². The van der Waals surface area contributed by atoms with Crippen molar-refractivity contribution in [2.45, 2.75) is 24.8 Å². The van der Waals surface area contributed by atoms with Crippen molar-refractivity contribution in [3.05, 3.63) is 66.2 Å². The molecular weight excluding hydrogens is 342 g/mol. The summed E-state index contributed by atoms with van der Waals surface area (Å²) in [5, 5.41) is 4.03. The van der Waals surface area contributed by atoms with Gasteiger partial charge < -0.3 is 15.2 Å². The van der Waals surface area contributed by atoms with Crippen LogP contribution in [0.4, 0.5) is 0 Å². The van der Waals surface area contributed by atoms with Gasteiger partial charge in [0.05, 0.1) is 0 Å². The summed E-state index contributed by atoms with van der Waals surface area (Å²) in [5.41, 5.74) is 7.67. The molecule has 0 saturated carbocycles. The zero-order valence-electron chi connectivity index (χ0n) is 14.9. The lowest BCUT2D eigenvalue weighted by Gasteiger charge is -2.32. The minimum absolute atomic E-state index is 0.0423. The molecule has 0 radical (unpaired) electrons. The molecule has 1 fully saturated rings. The summed E-state index contributed by atoms with van der Waals surface area (Å²) in [6, 6.07) is 14.4. The maximum atomic E-state index is 12.7. The van der Waals surface area contributed by atoms with E-state index < -0.39 is 6.04 Å². The van der Waals surface area contributed by atoms with Crippen molar-refractivity contribution in [3.63, 3.8) is 0 Å². The average molecular weight is 363 g/mol. The first kappa shape index (κ1) is 17.4. The first-order chi connectivity index (χ1) is 13.2. The fraction of sp³-hybridized carbons (Fsp3) is 0.300. The predicted octanol–water partition coefficient (Wildman–Crippen LogP) is 2.54. The van der Waals surface area contributed by atoms with E-state index in [9.17, 15) is 4.79 Å². The molecule has 4 rings (SSSR count). The van der Waals surface area contributed by atoms with Crippen LogP contribution in [0.15, 0.2) is 59.3 Å². The molecule has 1 unspecified atom stereocenters. The van der Waals surface area contributed by atoms with E-state index in [4.69, 9.17) is 10.3 Å². The van der Waals surface area contributed by atoms with Gasteiger partial charge in [0.25, 0.3) is 0 Å². The number of benzene rings is 1. The molecule has 0 bridgehead atoms. The van der Waals surface area contributed by atoms with Crippen LogP contribution in [0.2, 0.25) is 0 Å². The monoisotopic (exact) mass is 363 g/mol. The quantitative estimate of drug-likeness (QED) is 0.765. The average Bonchev–Trinajstić information content (AvgIpc) is 3.24. The van der Waals surface area contributed by atoms with E-state index in [1.165, 1.54) is 0 Å². The molecule has 1 aliphatic rings. The van der Waals surface area contributed by atoms with E-state index in [0.29, 0.717) is 30.5 Å². The number of rotatable bonds is 4. The van der Waals surface area contributed by atoms with E-state index in [1.54, 1.807) is 6.20 Å². The van der Waals surface area contributed by atoms with E-state index in [-0.39, 0.29) is 11.8 Å². The maximum Gasteiger partial charge on any atom is 0.244 e. The predicted molar refractivity (Wildman–Crippen MR) is 99.5 cm³/mol. The van der Waals surface area contributed by atoms with Crippen molar-refractivity contribution < 1.29 is 9.32 Å². The van der Waals surface area contributed by atoms with Crippen LogP contribution >= 0.6 is 0 Å². The number of nitrogens with two attached hydrogens (primary N) is 1. The SMILES string of the molecule is NC(C(=O)N1CCC(c2nc(-c3ccccn3)no2)CC1)c1ccccc1. The molecule has 1 aliphatic heterocycles. The fourth-order valence-corrected chi connectivity index (χ4v) is 3.35. The second-order valence-electron chi connectivity index (χ2n) is 6.66. The first-order valence-corrected chi connectivity index (χ1v) is 9.06. The van der Waals surface area contributed by atoms with Crippen LogP contribution in [0.3, 0.4) is 0 Å². The molecule has 0 spiro atoms. The summed E-state index contributed by atoms with van der Waals surface area (Å²) in [5.74, 6) is 1.21. The molecule has 1 atom stereocenters. The van der Waals surface area contributed by atoms with Gasteiger partial charge in [0, 0.05) is 25.2 Å². The molecule has 1 saturated heterocycles. The molecule has 2 N–H and O–H groups in total. The number of carbonyl (C=O) groups is 1. The van der Waals surface area contributed by atoms with Gasteiger partial charge >= 0.3 is 0 Å². The Hall–Kier alpha value is -3.06. The molecule has 3 heterocycles. The molecule has 1 aromatic carbocycles. The van der Waals surface area contributed by atoms with Crippen LogP contribution in [-0.4, -0.2) is 39.0 Å². The van der Waals surface area contributed by atoms with Crippen LogP contribution < -0.4 is 5.73 Å². The van der Waals surface area contributed by atoms with Gasteiger partial charge in [-0.2, -0.15) is 4.98 Å². The minimum Gasteiger partial charge on any atom is -0.341 e. The summed E-state index contributed by atoms with van der Waals surface area (Å²) in [7, 11) is 0. The lowest BCUT2D eigenvalue weighted by Crippen LogP contribution is -2.43. The standard InChI is InChI=1S/C20H21N5O2/c21-17(14-6-2-1-3-7-14)20(26)25-12-9-15(10-13-25)19-23-18(24-27-19)16-8-4-5-11-22-16/h1-8,11,15,17H,9-10,12-13,21H2. The molecule has 3 aromatic rings. The highest BCUT2D eigenvalue weighted by Crippen LogP contribution is 2.29. The Labute approximate surface area is 157 Å². The van der Waals surface area contributed by atoms with E-state index in [0.717, 1.165) is 18.4 Å². The topological polar surface area (TPSA) is 98.1 Å². The maximum absolute atomic E-state index is 12.7. The molecule has 1 amide bonds. The van der Waals surface area contributed by atoms with E-state index in [1.807, 2.05) is 53.4 Å². The summed E-state index contributed by atoms with van der Waals surface area (Å²) >= 11 is 0. The Balaban J connectivity index is 1.38. The van der Waals surface area contributed by atoms with Crippen LogP contribution in [0.5, 0.6) is 0 Å². The number of aromatic nitrogens is 3. The highest BCUT2D eigenvalue weighted by molar-refractivity contribution is 5.83. The third-order valence-electron chi connectivity index (χ3n) is 4.92. The van der Waals surface area contributed by atoms with Gasteiger partial charge in [-0.15, -0.1) is 0 Å². The normalized spacial score (nSPS) is 16.3. The molecule has 2 aromatic heterocycles. The second-order valence-corrected chi connectivity index (χ2v) is 6.66. The van der Waals surface area contributed by atoms with Crippen molar-refractivity contribution in [1.82, 2.24) is 20.0 Å². The smallest absolute Gasteiger partial charge is 0.244 e. The number of carbonyl (C=O) groups excluding carboxylic acids is 1. The van der Waals surface area contributed by atoms with E-state index >= 15 is 0 Å². The van der Waals surface area contributed by atoms with Gasteiger partial charge in [-0.25, -0.2) is 0 Å². The Morgan fingerprint density at radius 1 is 1.11 bits per heavy atom. The molecule has 138 valence electrons. The van der Waals surface area contributed by atoms with Crippen LogP contribution in [0, 0.1) is 0 Å². The summed E-state index contributed by atoms with van der Waals surface area (Å²) in [4.78, 5) is 23.2. The third-order valence-corrected chi connectivity index (χ3v) is 4.92. The number of piperidine rings is 1. The van der Waals surface area contributed by atoms with Gasteiger partial charge in [-0.1, -0.05) is 41.6 Å². The molecule has 7 heteroatoms. The van der Waals surface area contributed by atoms with Crippen molar-refractivity contribution in [1.29, 1.82) is 0 Å². The van der Waals surface area contributed by atoms with Gasteiger partial charge in [0.1, 0.15) is 11.7 Å². The summed E-state index contributed by atoms with van der Waals surface area (Å²) in [6.45, 7) is 1.26. The third kappa shape index (κ3) is 3.73. The number of pyridine rings is 1. The zero-order valence-corrected chi connectivity index (χ0v) is 14.9. The van der Waals surface area contributed by atoms with Crippen molar-refractivity contribution >= 4 is 5.91 Å². The van der Waals surface area contributed by atoms with Crippen molar-refractivity contribution in [3.8, 4) is 11.5 Å². The van der Waals surface area contributed by atoms with Crippen LogP contribution in [0.25, 0.3) is 11.5 Å². The number of likely N-dealkylation sites (tertiary alicyclic amines) is 1. The summed E-state index contributed by atoms with van der Waals surface area (Å²) in [6.07, 6.45) is 3.25. The van der Waals surface area contributed by atoms with Crippen molar-refractivity contribution in [2.24, 2.45) is 5.73 Å². The number of nitrogens with zero attached hydrogens (tertiary/aromatic N) is 4. The van der Waals surface area contributed by atoms with Crippen LogP contribution in [-0.2, 0) is 4.79 Å². The Bertz CT molecular complexity index is 889. The van der Waals surface area contributed by atoms with Crippen molar-refractivity contribution in [2.75, 3.05) is 13.1 Å². The Morgan fingerprint density at radius 2 is 1.85 bits per heavy atom. The minimum atomic E-state index is -0.623. The second kappa shape index (κ2) is 7.67. The lowest BCUT2D eigenvalue weighted by molar-refractivity contribution is -0.133. The zero-order chi connectivity index (χ0) is 18.6. The molecule has 27 heavy (non-hydrogen) atoms. The molecular formula is C20H21N5O2. The number of hydrogen-bond acceptors (Lipinski definition) is 6. The summed E-state index contributed by atoms with van der Waals surface area (Å²) < 4.78 is 5.44. The Kier molecular flexibility index (Phi) is 4.93. The van der Waals surface area contributed by atoms with Gasteiger partial charge in [-0.3, -0.25) is 9.78 Å². The highest BCUT2D eigenvalue weighted by Gasteiger charge is 2.30. The largest absolute Gasteiger partial charge is 0.341 e. The van der Waals surface area contributed by atoms with E-state index in [2.05, 4.69) is 15.1 Å². The van der Waals surface area contributed by atoms with Gasteiger partial charge in [0.15, 0.2) is 0 Å². The highest BCUT2D eigenvalue weighted by atomic mass is 16.5. The first-order valence-electron chi connectivity index (χ1n) is 9.06. The van der Waals surface area contributed by atoms with Gasteiger partial charge in [0.2, 0.25) is 17.6 Å².